The van der Waals surface area contributed by atoms with Crippen LogP contribution in [0.25, 0.3) is 32.8 Å². The number of hydrogen-bond acceptors (Lipinski definition) is 5. The maximum atomic E-state index is 13.8. The summed E-state index contributed by atoms with van der Waals surface area (Å²) in [6.45, 7) is 10.9. The van der Waals surface area contributed by atoms with Gasteiger partial charge in [0.1, 0.15) is 0 Å². The van der Waals surface area contributed by atoms with Gasteiger partial charge in [-0.25, -0.2) is 18.4 Å². The van der Waals surface area contributed by atoms with E-state index in [9.17, 15) is 8.42 Å². The van der Waals surface area contributed by atoms with Crippen molar-refractivity contribution in [1.82, 2.24) is 14.5 Å². The van der Waals surface area contributed by atoms with Crippen molar-refractivity contribution >= 4 is 60.2 Å². The molecule has 0 spiro atoms. The summed E-state index contributed by atoms with van der Waals surface area (Å²) in [4.78, 5) is 9.70. The van der Waals surface area contributed by atoms with Crippen LogP contribution in [-0.2, 0) is 22.0 Å². The molecule has 208 valence electrons. The van der Waals surface area contributed by atoms with Gasteiger partial charge in [0.15, 0.2) is 11.6 Å². The van der Waals surface area contributed by atoms with Crippen LogP contribution in [0.4, 0.5) is 17.3 Å². The van der Waals surface area contributed by atoms with E-state index in [1.807, 2.05) is 42.5 Å². The van der Waals surface area contributed by atoms with E-state index in [0.29, 0.717) is 22.4 Å². The lowest BCUT2D eigenvalue weighted by atomic mass is 9.87. The first-order valence-corrected chi connectivity index (χ1v) is 15.2. The van der Waals surface area contributed by atoms with Gasteiger partial charge in [0.2, 0.25) is 0 Å². The molecule has 4 aromatic carbocycles. The second kappa shape index (κ2) is 9.89. The fraction of sp³-hybridized carbons (Fsp3) is 0.212. The average molecular weight is 564 g/mol. The molecule has 2 N–H and O–H groups in total. The summed E-state index contributed by atoms with van der Waals surface area (Å²) in [5.74, 6) is 0.468. The summed E-state index contributed by atoms with van der Waals surface area (Å²) in [6.07, 6.45) is 0. The molecule has 6 rings (SSSR count). The number of benzene rings is 4. The van der Waals surface area contributed by atoms with Crippen molar-refractivity contribution in [3.63, 3.8) is 0 Å². The topological polar surface area (TPSA) is 88.9 Å². The number of rotatable bonds is 6. The van der Waals surface area contributed by atoms with Gasteiger partial charge in [-0.05, 0) is 66.8 Å². The molecule has 0 saturated carbocycles. The molecule has 0 saturated heterocycles. The molecule has 7 nitrogen and oxygen atoms in total. The maximum absolute atomic E-state index is 13.8. The Morgan fingerprint density at radius 3 is 2.15 bits per heavy atom. The summed E-state index contributed by atoms with van der Waals surface area (Å²) in [6, 6.07) is 27.5. The number of anilines is 3. The summed E-state index contributed by atoms with van der Waals surface area (Å²) >= 11 is 0. The summed E-state index contributed by atoms with van der Waals surface area (Å²) in [7, 11) is -3.97. The van der Waals surface area contributed by atoms with Gasteiger partial charge in [-0.15, -0.1) is 0 Å². The first kappa shape index (κ1) is 26.8. The highest BCUT2D eigenvalue weighted by molar-refractivity contribution is 7.92. The molecule has 0 atom stereocenters. The van der Waals surface area contributed by atoms with Crippen LogP contribution in [0, 0.1) is 6.92 Å². The summed E-state index contributed by atoms with van der Waals surface area (Å²) in [5.41, 5.74) is 5.69. The normalized spacial score (nSPS) is 12.3. The second-order valence-electron chi connectivity index (χ2n) is 11.4. The number of fused-ring (bicyclic) bond motifs is 4. The van der Waals surface area contributed by atoms with Gasteiger partial charge in [-0.1, -0.05) is 69.3 Å². The highest BCUT2D eigenvalue weighted by atomic mass is 32.2. The lowest BCUT2D eigenvalue weighted by Gasteiger charge is -2.21. The Morgan fingerprint density at radius 2 is 1.44 bits per heavy atom. The number of aryl methyl sites for hydroxylation is 2. The van der Waals surface area contributed by atoms with Crippen LogP contribution in [0.5, 0.6) is 0 Å². The Hall–Kier alpha value is -4.43. The lowest BCUT2D eigenvalue weighted by molar-refractivity contribution is 0.584. The molecule has 2 heterocycles. The van der Waals surface area contributed by atoms with E-state index in [0.717, 1.165) is 28.7 Å². The molecule has 0 bridgehead atoms. The van der Waals surface area contributed by atoms with Crippen LogP contribution in [0.2, 0.25) is 0 Å². The van der Waals surface area contributed by atoms with Gasteiger partial charge in [-0.3, -0.25) is 4.72 Å². The highest BCUT2D eigenvalue weighted by Crippen LogP contribution is 2.34. The van der Waals surface area contributed by atoms with Gasteiger partial charge in [0, 0.05) is 28.5 Å². The van der Waals surface area contributed by atoms with Crippen molar-refractivity contribution in [1.29, 1.82) is 0 Å². The molecule has 0 amide bonds. The van der Waals surface area contributed by atoms with E-state index in [1.165, 1.54) is 10.9 Å². The van der Waals surface area contributed by atoms with Crippen molar-refractivity contribution in [2.75, 3.05) is 10.0 Å². The van der Waals surface area contributed by atoms with Crippen molar-refractivity contribution in [2.24, 2.45) is 0 Å². The van der Waals surface area contributed by atoms with Gasteiger partial charge >= 0.3 is 0 Å². The molecule has 0 aliphatic rings. The molecule has 2 aromatic heterocycles. The fourth-order valence-electron chi connectivity index (χ4n) is 5.30. The van der Waals surface area contributed by atoms with Crippen molar-refractivity contribution in [3.8, 4) is 0 Å². The van der Waals surface area contributed by atoms with Crippen molar-refractivity contribution < 1.29 is 8.42 Å². The van der Waals surface area contributed by atoms with E-state index in [1.54, 1.807) is 13.0 Å². The van der Waals surface area contributed by atoms with Crippen molar-refractivity contribution in [3.05, 3.63) is 96.1 Å². The average Bonchev–Trinajstić information content (AvgIpc) is 3.25. The molecule has 0 aliphatic heterocycles. The van der Waals surface area contributed by atoms with Crippen LogP contribution >= 0.6 is 0 Å². The van der Waals surface area contributed by atoms with E-state index in [4.69, 9.17) is 9.97 Å². The summed E-state index contributed by atoms with van der Waals surface area (Å²) in [5, 5.41) is 5.72. The summed E-state index contributed by atoms with van der Waals surface area (Å²) < 4.78 is 32.6. The van der Waals surface area contributed by atoms with Crippen molar-refractivity contribution in [2.45, 2.75) is 51.5 Å². The minimum absolute atomic E-state index is 0.139. The van der Waals surface area contributed by atoms with Gasteiger partial charge in [-0.2, -0.15) is 0 Å². The molecule has 0 unspecified atom stereocenters. The van der Waals surface area contributed by atoms with Crippen LogP contribution in [0.1, 0.15) is 38.8 Å². The lowest BCUT2D eigenvalue weighted by Crippen LogP contribution is -2.19. The fourth-order valence-corrected chi connectivity index (χ4v) is 6.58. The Morgan fingerprint density at radius 1 is 0.780 bits per heavy atom. The Labute approximate surface area is 240 Å². The third-order valence-electron chi connectivity index (χ3n) is 7.50. The third kappa shape index (κ3) is 4.89. The number of aromatic nitrogens is 3. The van der Waals surface area contributed by atoms with E-state index in [2.05, 4.69) is 78.7 Å². The highest BCUT2D eigenvalue weighted by Gasteiger charge is 2.24. The number of sulfonamides is 1. The number of hydrogen-bond donors (Lipinski definition) is 2. The van der Waals surface area contributed by atoms with E-state index < -0.39 is 10.0 Å². The number of nitrogens with one attached hydrogen (secondary N) is 2. The molecule has 0 fully saturated rings. The van der Waals surface area contributed by atoms with Crippen LogP contribution in [0.15, 0.2) is 89.8 Å². The third-order valence-corrected chi connectivity index (χ3v) is 8.98. The number of para-hydroxylation sites is 3. The van der Waals surface area contributed by atoms with Gasteiger partial charge in [0.05, 0.1) is 21.4 Å². The quantitative estimate of drug-likeness (QED) is 0.215. The molecule has 8 heteroatoms. The molecule has 0 aliphatic carbocycles. The minimum Gasteiger partial charge on any atom is -0.341 e. The van der Waals surface area contributed by atoms with Gasteiger partial charge in [0.25, 0.3) is 10.0 Å². The van der Waals surface area contributed by atoms with E-state index in [-0.39, 0.29) is 16.1 Å². The van der Waals surface area contributed by atoms with Crippen LogP contribution in [-0.4, -0.2) is 23.0 Å². The zero-order chi connectivity index (χ0) is 28.9. The second-order valence-corrected chi connectivity index (χ2v) is 13.0. The maximum Gasteiger partial charge on any atom is 0.263 e. The molecule has 0 radical (unpaired) electrons. The SMILES string of the molecule is CCn1c2ccccc2c2ccc(Nc3nc4ccccc4nc3NS(=O)(=O)c3cc(C(C)(C)C)ccc3C)cc21. The number of nitrogens with zero attached hydrogens (tertiary/aromatic N) is 3. The zero-order valence-electron chi connectivity index (χ0n) is 23.9. The molecular weight excluding hydrogens is 530 g/mol. The van der Waals surface area contributed by atoms with Crippen LogP contribution in [0.3, 0.4) is 0 Å². The zero-order valence-corrected chi connectivity index (χ0v) is 24.7. The van der Waals surface area contributed by atoms with Gasteiger partial charge < -0.3 is 9.88 Å². The first-order valence-electron chi connectivity index (χ1n) is 13.7. The standard InChI is InChI=1S/C33H33N5O2S/c1-6-38-28-14-10-7-11-24(28)25-18-17-23(20-29(25)38)34-31-32(36-27-13-9-8-12-26(27)35-31)37-41(39,40)30-19-22(33(3,4)5)16-15-21(30)2/h7-20H,6H2,1-5H3,(H,34,35)(H,36,37). The Balaban J connectivity index is 1.45. The predicted molar refractivity (Wildman–Crippen MR) is 169 cm³/mol. The first-order chi connectivity index (χ1) is 19.5. The Bertz CT molecular complexity index is 2060. The molecule has 6 aromatic rings. The van der Waals surface area contributed by atoms with Crippen LogP contribution < -0.4 is 10.0 Å². The monoisotopic (exact) mass is 563 g/mol. The smallest absolute Gasteiger partial charge is 0.263 e. The largest absolute Gasteiger partial charge is 0.341 e. The molecule has 41 heavy (non-hydrogen) atoms. The molecular formula is C33H33N5O2S. The predicted octanol–water partition coefficient (Wildman–Crippen LogP) is 7.91. The van der Waals surface area contributed by atoms with E-state index >= 15 is 0 Å². The Kier molecular flexibility index (Phi) is 6.46. The minimum atomic E-state index is -3.97.